The van der Waals surface area contributed by atoms with Crippen LogP contribution in [0.5, 0.6) is 0 Å². The molecule has 1 aromatic carbocycles. The van der Waals surface area contributed by atoms with E-state index in [1.807, 2.05) is 18.2 Å². The molecular weight excluding hydrogens is 564 g/mol. The zero-order valence-corrected chi connectivity index (χ0v) is 24.3. The van der Waals surface area contributed by atoms with Gasteiger partial charge in [-0.1, -0.05) is 30.3 Å². The first-order chi connectivity index (χ1) is 20.6. The Labute approximate surface area is 249 Å². The van der Waals surface area contributed by atoms with Crippen molar-refractivity contribution in [3.05, 3.63) is 35.9 Å². The van der Waals surface area contributed by atoms with Crippen molar-refractivity contribution in [2.24, 2.45) is 0 Å². The van der Waals surface area contributed by atoms with Gasteiger partial charge < -0.3 is 40.5 Å². The van der Waals surface area contributed by atoms with E-state index in [1.54, 1.807) is 12.1 Å². The maximum Gasteiger partial charge on any atom is 0.407 e. The molecule has 3 rings (SSSR count). The van der Waals surface area contributed by atoms with E-state index in [2.05, 4.69) is 26.0 Å². The van der Waals surface area contributed by atoms with Gasteiger partial charge in [0.05, 0.1) is 13.7 Å². The molecule has 234 valence electrons. The lowest BCUT2D eigenvalue weighted by atomic mass is 10.2. The number of rotatable bonds is 12. The van der Waals surface area contributed by atoms with E-state index >= 15 is 0 Å². The van der Waals surface area contributed by atoms with Gasteiger partial charge >= 0.3 is 12.1 Å². The molecule has 43 heavy (non-hydrogen) atoms. The zero-order chi connectivity index (χ0) is 31.4. The summed E-state index contributed by atoms with van der Waals surface area (Å²) < 4.78 is 9.59. The SMILES string of the molecule is COC(=O)CNC(=O)C1CCCN1C(=O)CNC(=O)C(C)NC(=O)C1CCCN1C(=O)CNC(=O)OCc1ccccc1. The molecule has 6 amide bonds. The predicted molar refractivity (Wildman–Crippen MR) is 150 cm³/mol. The molecule has 2 aliphatic heterocycles. The number of nitrogens with zero attached hydrogens (tertiary/aromatic N) is 2. The van der Waals surface area contributed by atoms with E-state index < -0.39 is 59.7 Å². The Kier molecular flexibility index (Phi) is 12.3. The minimum atomic E-state index is -1.01. The summed E-state index contributed by atoms with van der Waals surface area (Å²) in [6, 6.07) is 6.46. The lowest BCUT2D eigenvalue weighted by molar-refractivity contribution is -0.143. The molecule has 0 radical (unpaired) electrons. The van der Waals surface area contributed by atoms with Crippen LogP contribution in [-0.2, 0) is 44.8 Å². The number of nitrogens with one attached hydrogen (secondary N) is 4. The van der Waals surface area contributed by atoms with E-state index in [1.165, 1.54) is 23.8 Å². The first-order valence-electron chi connectivity index (χ1n) is 14.1. The lowest BCUT2D eigenvalue weighted by Gasteiger charge is -2.26. The Balaban J connectivity index is 1.41. The topological polar surface area (TPSA) is 193 Å². The van der Waals surface area contributed by atoms with Crippen molar-refractivity contribution in [1.29, 1.82) is 0 Å². The second-order valence-electron chi connectivity index (χ2n) is 10.1. The number of methoxy groups -OCH3 is 1. The Morgan fingerprint density at radius 3 is 2.00 bits per heavy atom. The van der Waals surface area contributed by atoms with Crippen LogP contribution in [0.2, 0.25) is 0 Å². The fourth-order valence-corrected chi connectivity index (χ4v) is 4.84. The van der Waals surface area contributed by atoms with Crippen LogP contribution in [0.15, 0.2) is 30.3 Å². The summed E-state index contributed by atoms with van der Waals surface area (Å²) in [6.45, 7) is 1.07. The van der Waals surface area contributed by atoms with E-state index in [0.29, 0.717) is 38.8 Å². The molecule has 0 aromatic heterocycles. The van der Waals surface area contributed by atoms with Crippen LogP contribution in [0.25, 0.3) is 0 Å². The van der Waals surface area contributed by atoms with Crippen LogP contribution in [0, 0.1) is 0 Å². The van der Waals surface area contributed by atoms with Gasteiger partial charge in [0.15, 0.2) is 0 Å². The highest BCUT2D eigenvalue weighted by Gasteiger charge is 2.36. The van der Waals surface area contributed by atoms with Crippen LogP contribution >= 0.6 is 0 Å². The standard InChI is InChI=1S/C28H38N6O9/c1-18(25(38)29-14-22(35)33-12-6-10-20(33)26(39)30-16-24(37)42-2)32-27(40)21-11-7-13-34(21)23(36)15-31-28(41)43-17-19-8-4-3-5-9-19/h3-5,8-9,18,20-21H,6-7,10-17H2,1-2H3,(H,29,38)(H,30,39)(H,31,41)(H,32,40). The Bertz CT molecular complexity index is 1190. The van der Waals surface area contributed by atoms with Crippen molar-refractivity contribution in [2.75, 3.05) is 39.8 Å². The van der Waals surface area contributed by atoms with Gasteiger partial charge in [0.2, 0.25) is 29.5 Å². The van der Waals surface area contributed by atoms with Gasteiger partial charge in [0, 0.05) is 13.1 Å². The Morgan fingerprint density at radius 2 is 1.40 bits per heavy atom. The number of esters is 1. The molecule has 0 saturated carbocycles. The lowest BCUT2D eigenvalue weighted by Crippen LogP contribution is -2.54. The molecule has 1 aromatic rings. The molecule has 2 saturated heterocycles. The molecule has 4 N–H and O–H groups in total. The molecule has 15 heteroatoms. The summed E-state index contributed by atoms with van der Waals surface area (Å²) in [5.74, 6) is -3.20. The maximum atomic E-state index is 12.9. The number of alkyl carbamates (subject to hydrolysis) is 1. The summed E-state index contributed by atoms with van der Waals surface area (Å²) in [7, 11) is 1.20. The van der Waals surface area contributed by atoms with Crippen molar-refractivity contribution in [1.82, 2.24) is 31.1 Å². The third-order valence-electron chi connectivity index (χ3n) is 7.15. The zero-order valence-electron chi connectivity index (χ0n) is 24.3. The third-order valence-corrected chi connectivity index (χ3v) is 7.15. The van der Waals surface area contributed by atoms with Crippen LogP contribution in [0.4, 0.5) is 4.79 Å². The molecular formula is C28H38N6O9. The van der Waals surface area contributed by atoms with Gasteiger partial charge in [-0.05, 0) is 38.2 Å². The first-order valence-corrected chi connectivity index (χ1v) is 14.1. The normalized spacial score (nSPS) is 18.3. The summed E-state index contributed by atoms with van der Waals surface area (Å²) in [6.07, 6.45) is 1.20. The third kappa shape index (κ3) is 9.68. The van der Waals surface area contributed by atoms with Crippen LogP contribution in [0.3, 0.4) is 0 Å². The summed E-state index contributed by atoms with van der Waals surface area (Å²) in [5, 5.41) is 9.87. The van der Waals surface area contributed by atoms with Crippen molar-refractivity contribution >= 4 is 41.6 Å². The Morgan fingerprint density at radius 1 is 0.814 bits per heavy atom. The van der Waals surface area contributed by atoms with Gasteiger partial charge in [-0.2, -0.15) is 0 Å². The van der Waals surface area contributed by atoms with Gasteiger partial charge in [-0.25, -0.2) is 4.79 Å². The number of benzene rings is 1. The van der Waals surface area contributed by atoms with Gasteiger partial charge in [0.1, 0.15) is 37.8 Å². The van der Waals surface area contributed by atoms with Gasteiger partial charge in [0.25, 0.3) is 0 Å². The molecule has 15 nitrogen and oxygen atoms in total. The van der Waals surface area contributed by atoms with Crippen molar-refractivity contribution < 1.29 is 43.0 Å². The van der Waals surface area contributed by atoms with E-state index in [9.17, 15) is 33.6 Å². The summed E-state index contributed by atoms with van der Waals surface area (Å²) >= 11 is 0. The molecule has 0 bridgehead atoms. The number of carbonyl (C=O) groups excluding carboxylic acids is 7. The molecule has 3 unspecified atom stereocenters. The molecule has 2 heterocycles. The van der Waals surface area contributed by atoms with Crippen molar-refractivity contribution in [3.63, 3.8) is 0 Å². The first kappa shape index (κ1) is 32.8. The summed E-state index contributed by atoms with van der Waals surface area (Å²) in [4.78, 5) is 89.4. The van der Waals surface area contributed by atoms with Crippen molar-refractivity contribution in [3.8, 4) is 0 Å². The van der Waals surface area contributed by atoms with E-state index in [0.717, 1.165) is 5.56 Å². The van der Waals surface area contributed by atoms with E-state index in [4.69, 9.17) is 4.74 Å². The van der Waals surface area contributed by atoms with Crippen LogP contribution in [-0.4, -0.2) is 109 Å². The molecule has 3 atom stereocenters. The highest BCUT2D eigenvalue weighted by atomic mass is 16.5. The number of hydrogen-bond acceptors (Lipinski definition) is 9. The molecule has 0 aliphatic carbocycles. The van der Waals surface area contributed by atoms with Gasteiger partial charge in [-0.3, -0.25) is 28.8 Å². The monoisotopic (exact) mass is 602 g/mol. The fraction of sp³-hybridized carbons (Fsp3) is 0.536. The van der Waals surface area contributed by atoms with Gasteiger partial charge in [-0.15, -0.1) is 0 Å². The quantitative estimate of drug-likeness (QED) is 0.213. The number of ether oxygens (including phenoxy) is 2. The average molecular weight is 603 g/mol. The number of likely N-dealkylation sites (tertiary alicyclic amines) is 2. The Hall–Kier alpha value is -4.69. The number of carbonyl (C=O) groups is 7. The minimum absolute atomic E-state index is 0.0478. The van der Waals surface area contributed by atoms with Crippen LogP contribution in [0.1, 0.15) is 38.2 Å². The second kappa shape index (κ2) is 16.1. The predicted octanol–water partition coefficient (Wildman–Crippen LogP) is -1.20. The smallest absolute Gasteiger partial charge is 0.407 e. The highest BCUT2D eigenvalue weighted by molar-refractivity contribution is 5.95. The van der Waals surface area contributed by atoms with E-state index in [-0.39, 0.29) is 26.2 Å². The number of hydrogen-bond donors (Lipinski definition) is 4. The van der Waals surface area contributed by atoms with Crippen LogP contribution < -0.4 is 21.3 Å². The van der Waals surface area contributed by atoms with Crippen molar-refractivity contribution in [2.45, 2.75) is 57.3 Å². The molecule has 2 aliphatic rings. The average Bonchev–Trinajstić information content (AvgIpc) is 3.71. The maximum absolute atomic E-state index is 12.9. The minimum Gasteiger partial charge on any atom is -0.468 e. The molecule has 2 fully saturated rings. The molecule has 0 spiro atoms. The largest absolute Gasteiger partial charge is 0.468 e. The highest BCUT2D eigenvalue weighted by Crippen LogP contribution is 2.18. The second-order valence-corrected chi connectivity index (χ2v) is 10.1. The fourth-order valence-electron chi connectivity index (χ4n) is 4.84. The summed E-state index contributed by atoms with van der Waals surface area (Å²) in [5.41, 5.74) is 0.794. The number of amides is 6.